The number of hydrazine groups is 1. The van der Waals surface area contributed by atoms with Crippen LogP contribution in [0.1, 0.15) is 18.9 Å². The van der Waals surface area contributed by atoms with Gasteiger partial charge in [-0.25, -0.2) is 28.6 Å². The molecule has 0 saturated heterocycles. The highest BCUT2D eigenvalue weighted by atomic mass is 31.2. The van der Waals surface area contributed by atoms with Crippen LogP contribution in [-0.2, 0) is 25.2 Å². The van der Waals surface area contributed by atoms with E-state index in [0.29, 0.717) is 0 Å². The number of aliphatic hydroxyl groups is 1. The van der Waals surface area contributed by atoms with Gasteiger partial charge in [0.25, 0.3) is 0 Å². The first-order chi connectivity index (χ1) is 18.4. The number of carbonyl (C=O) groups excluding carboxylic acids is 2. The number of pyridine rings is 1. The lowest BCUT2D eigenvalue weighted by molar-refractivity contribution is -0.137. The second kappa shape index (κ2) is 13.5. The Hall–Kier alpha value is -3.52. The summed E-state index contributed by atoms with van der Waals surface area (Å²) in [6.45, 7) is -0.510. The highest BCUT2D eigenvalue weighted by molar-refractivity contribution is 7.46. The maximum Gasteiger partial charge on any atom is 0.469 e. The van der Waals surface area contributed by atoms with Crippen LogP contribution in [0.4, 0.5) is 19.4 Å². The van der Waals surface area contributed by atoms with Gasteiger partial charge in [-0.15, -0.1) is 0 Å². The van der Waals surface area contributed by atoms with E-state index in [1.54, 1.807) is 12.3 Å². The zero-order valence-corrected chi connectivity index (χ0v) is 21.6. The number of phosphoric ester groups is 1. The molecule has 0 aliphatic carbocycles. The van der Waals surface area contributed by atoms with Crippen LogP contribution in [0.15, 0.2) is 54.7 Å². The van der Waals surface area contributed by atoms with Gasteiger partial charge in [0.05, 0.1) is 18.8 Å². The van der Waals surface area contributed by atoms with Crippen molar-refractivity contribution in [2.24, 2.45) is 0 Å². The summed E-state index contributed by atoms with van der Waals surface area (Å²) >= 11 is 0. The molecule has 0 radical (unpaired) electrons. The lowest BCUT2D eigenvalue weighted by Crippen LogP contribution is -2.52. The molecule has 0 aliphatic rings. The van der Waals surface area contributed by atoms with Gasteiger partial charge in [0.2, 0.25) is 5.91 Å². The number of nitrogens with one attached hydrogen (secondary N) is 2. The summed E-state index contributed by atoms with van der Waals surface area (Å²) in [5.41, 5.74) is 2.52. The topological polar surface area (TPSA) is 171 Å². The third-order valence-corrected chi connectivity index (χ3v) is 5.91. The average molecular weight is 568 g/mol. The minimum atomic E-state index is -4.89. The summed E-state index contributed by atoms with van der Waals surface area (Å²) in [5, 5.41) is 15.3. The van der Waals surface area contributed by atoms with E-state index in [9.17, 15) is 28.0 Å². The molecular weight excluding hydrogens is 541 g/mol. The number of amides is 2. The van der Waals surface area contributed by atoms with Crippen LogP contribution in [0.25, 0.3) is 10.8 Å². The molecule has 12 nitrogen and oxygen atoms in total. The zero-order chi connectivity index (χ0) is 28.6. The highest BCUT2D eigenvalue weighted by Gasteiger charge is 2.28. The molecule has 0 fully saturated rings. The van der Waals surface area contributed by atoms with Crippen molar-refractivity contribution in [2.45, 2.75) is 32.0 Å². The number of aliphatic hydroxyl groups excluding tert-OH is 1. The minimum absolute atomic E-state index is 0.105. The number of hydrogen-bond donors (Lipinski definition) is 5. The molecule has 1 heterocycles. The number of carbonyl (C=O) groups is 2. The van der Waals surface area contributed by atoms with Gasteiger partial charge in [-0.2, -0.15) is 0 Å². The van der Waals surface area contributed by atoms with E-state index in [-0.39, 0.29) is 24.3 Å². The second-order valence-corrected chi connectivity index (χ2v) is 9.65. The van der Waals surface area contributed by atoms with Crippen LogP contribution in [0.2, 0.25) is 0 Å². The normalized spacial score (nSPS) is 13.1. The number of hydrogen-bond acceptors (Lipinski definition) is 8. The molecule has 0 saturated carbocycles. The van der Waals surface area contributed by atoms with Crippen molar-refractivity contribution >= 4 is 36.4 Å². The summed E-state index contributed by atoms with van der Waals surface area (Å²) in [6, 6.07) is 11.3. The standard InChI is InChI=1S/C24H27F2N4O8P/c1-15(31)30(28-12-18-7-4-8-21(25)23(18)26)19(10-20(32)14-38-39(34,35)36)13-37-24(33)29-22-9-16-5-2-3-6-17(16)11-27-22/h2-9,11,19-20,28,32H,10,12-14H2,1H3,(H,27,29,33)(H2,34,35,36). The summed E-state index contributed by atoms with van der Waals surface area (Å²) in [7, 11) is -4.89. The van der Waals surface area contributed by atoms with E-state index in [1.807, 2.05) is 24.3 Å². The van der Waals surface area contributed by atoms with Crippen LogP contribution >= 0.6 is 7.82 Å². The predicted molar refractivity (Wildman–Crippen MR) is 135 cm³/mol. The Morgan fingerprint density at radius 2 is 1.82 bits per heavy atom. The van der Waals surface area contributed by atoms with Crippen molar-refractivity contribution in [3.05, 3.63) is 71.9 Å². The smallest absolute Gasteiger partial charge is 0.447 e. The lowest BCUT2D eigenvalue weighted by Gasteiger charge is -2.32. The lowest BCUT2D eigenvalue weighted by atomic mass is 10.1. The Labute approximate surface area is 221 Å². The van der Waals surface area contributed by atoms with Crippen molar-refractivity contribution in [1.82, 2.24) is 15.4 Å². The molecule has 2 aromatic carbocycles. The molecule has 210 valence electrons. The molecule has 39 heavy (non-hydrogen) atoms. The number of fused-ring (bicyclic) bond motifs is 1. The Kier molecular flexibility index (Phi) is 10.4. The van der Waals surface area contributed by atoms with Gasteiger partial charge in [-0.05, 0) is 17.5 Å². The van der Waals surface area contributed by atoms with E-state index >= 15 is 0 Å². The first-order valence-electron chi connectivity index (χ1n) is 11.6. The predicted octanol–water partition coefficient (Wildman–Crippen LogP) is 2.84. The zero-order valence-electron chi connectivity index (χ0n) is 20.7. The van der Waals surface area contributed by atoms with Gasteiger partial charge in [-0.3, -0.25) is 19.6 Å². The van der Waals surface area contributed by atoms with Crippen molar-refractivity contribution in [3.8, 4) is 0 Å². The van der Waals surface area contributed by atoms with Gasteiger partial charge in [0.15, 0.2) is 11.6 Å². The van der Waals surface area contributed by atoms with E-state index in [1.165, 1.54) is 12.1 Å². The molecule has 5 N–H and O–H groups in total. The highest BCUT2D eigenvalue weighted by Crippen LogP contribution is 2.36. The van der Waals surface area contributed by atoms with E-state index < -0.39 is 56.8 Å². The molecular formula is C24H27F2N4O8P. The molecule has 15 heteroatoms. The molecule has 2 amide bonds. The summed E-state index contributed by atoms with van der Waals surface area (Å²) in [6.07, 6.45) is -1.27. The largest absolute Gasteiger partial charge is 0.469 e. The fourth-order valence-electron chi connectivity index (χ4n) is 3.63. The number of benzene rings is 2. The first-order valence-corrected chi connectivity index (χ1v) is 13.1. The SMILES string of the molecule is CC(=O)N(NCc1cccc(F)c1F)C(COC(=O)Nc1cc2ccccc2cn1)CC(O)COP(=O)(O)O. The fraction of sp³-hybridized carbons (Fsp3) is 0.292. The first kappa shape index (κ1) is 30.0. The van der Waals surface area contributed by atoms with Gasteiger partial charge in [0.1, 0.15) is 12.4 Å². The molecule has 2 unspecified atom stereocenters. The van der Waals surface area contributed by atoms with Gasteiger partial charge in [0, 0.05) is 37.0 Å². The van der Waals surface area contributed by atoms with Crippen LogP contribution in [0.3, 0.4) is 0 Å². The summed E-state index contributed by atoms with van der Waals surface area (Å²) in [4.78, 5) is 46.8. The average Bonchev–Trinajstić information content (AvgIpc) is 2.87. The quantitative estimate of drug-likeness (QED) is 0.162. The second-order valence-electron chi connectivity index (χ2n) is 8.41. The molecule has 3 rings (SSSR count). The van der Waals surface area contributed by atoms with Crippen LogP contribution in [-0.4, -0.2) is 62.2 Å². The number of halogens is 2. The third-order valence-electron chi connectivity index (χ3n) is 5.42. The van der Waals surface area contributed by atoms with E-state index in [4.69, 9.17) is 14.5 Å². The van der Waals surface area contributed by atoms with Gasteiger partial charge >= 0.3 is 13.9 Å². The Balaban J connectivity index is 1.71. The van der Waals surface area contributed by atoms with Crippen molar-refractivity contribution in [3.63, 3.8) is 0 Å². The van der Waals surface area contributed by atoms with Crippen molar-refractivity contribution < 1.29 is 47.1 Å². The summed E-state index contributed by atoms with van der Waals surface area (Å²) < 4.78 is 48.2. The Bertz CT molecular complexity index is 1360. The number of phosphoric acid groups is 1. The van der Waals surface area contributed by atoms with Crippen LogP contribution < -0.4 is 10.7 Å². The van der Waals surface area contributed by atoms with Crippen LogP contribution in [0.5, 0.6) is 0 Å². The Morgan fingerprint density at radius 1 is 1.10 bits per heavy atom. The maximum absolute atomic E-state index is 14.1. The van der Waals surface area contributed by atoms with E-state index in [0.717, 1.165) is 28.8 Å². The number of anilines is 1. The van der Waals surface area contributed by atoms with Gasteiger partial charge in [-0.1, -0.05) is 36.4 Å². The Morgan fingerprint density at radius 3 is 2.51 bits per heavy atom. The molecule has 0 spiro atoms. The maximum atomic E-state index is 14.1. The number of nitrogens with zero attached hydrogens (tertiary/aromatic N) is 2. The fourth-order valence-corrected chi connectivity index (χ4v) is 4.00. The molecule has 2 atom stereocenters. The van der Waals surface area contributed by atoms with Crippen LogP contribution in [0, 0.1) is 11.6 Å². The summed E-state index contributed by atoms with van der Waals surface area (Å²) in [5.74, 6) is -2.67. The van der Waals surface area contributed by atoms with Crippen molar-refractivity contribution in [2.75, 3.05) is 18.5 Å². The third kappa shape index (κ3) is 9.32. The minimum Gasteiger partial charge on any atom is -0.447 e. The number of ether oxygens (including phenoxy) is 1. The monoisotopic (exact) mass is 568 g/mol. The molecule has 3 aromatic rings. The molecule has 1 aromatic heterocycles. The van der Waals surface area contributed by atoms with Gasteiger partial charge < -0.3 is 19.6 Å². The molecule has 0 bridgehead atoms. The number of aromatic nitrogens is 1. The van der Waals surface area contributed by atoms with Crippen molar-refractivity contribution in [1.29, 1.82) is 0 Å². The number of rotatable bonds is 12. The van der Waals surface area contributed by atoms with E-state index in [2.05, 4.69) is 20.3 Å². The molecule has 0 aliphatic heterocycles.